The highest BCUT2D eigenvalue weighted by molar-refractivity contribution is 5.80. The van der Waals surface area contributed by atoms with Gasteiger partial charge in [0.05, 0.1) is 18.1 Å². The first kappa shape index (κ1) is 13.1. The van der Waals surface area contributed by atoms with Crippen molar-refractivity contribution in [2.45, 2.75) is 45.8 Å². The minimum Gasteiger partial charge on any atom is -0.368 e. The summed E-state index contributed by atoms with van der Waals surface area (Å²) in [5.74, 6) is 0.380. The Labute approximate surface area is 108 Å². The number of carbonyl (C=O) groups is 1. The number of rotatable bonds is 5. The van der Waals surface area contributed by atoms with Gasteiger partial charge in [-0.2, -0.15) is 0 Å². The molecule has 0 aliphatic carbocycles. The lowest BCUT2D eigenvalue weighted by Crippen LogP contribution is -2.40. The first-order valence-electron chi connectivity index (χ1n) is 6.60. The standard InChI is InChI=1S/C13H22N4O/c1-10(2)7-17-9-15-6-11(17)8-16-5-3-4-12(16)13(14)18/h6,9-10,12H,3-5,7-8H2,1-2H3,(H2,14,18)/t12-/m1/s1. The van der Waals surface area contributed by atoms with Gasteiger partial charge in [-0.05, 0) is 25.3 Å². The van der Waals surface area contributed by atoms with Crippen LogP contribution < -0.4 is 5.73 Å². The number of carbonyl (C=O) groups excluding carboxylic acids is 1. The second-order valence-corrected chi connectivity index (χ2v) is 5.46. The third-order valence-electron chi connectivity index (χ3n) is 3.42. The van der Waals surface area contributed by atoms with Crippen LogP contribution in [0.25, 0.3) is 0 Å². The first-order valence-corrected chi connectivity index (χ1v) is 6.60. The monoisotopic (exact) mass is 250 g/mol. The van der Waals surface area contributed by atoms with E-state index < -0.39 is 0 Å². The summed E-state index contributed by atoms with van der Waals surface area (Å²) < 4.78 is 2.17. The van der Waals surface area contributed by atoms with Crippen molar-refractivity contribution in [1.29, 1.82) is 0 Å². The Morgan fingerprint density at radius 3 is 3.06 bits per heavy atom. The number of nitrogens with two attached hydrogens (primary N) is 1. The molecule has 0 saturated carbocycles. The number of nitrogens with zero attached hydrogens (tertiary/aromatic N) is 3. The average Bonchev–Trinajstić information content (AvgIpc) is 2.88. The van der Waals surface area contributed by atoms with Crippen molar-refractivity contribution in [2.75, 3.05) is 6.54 Å². The molecule has 1 aromatic heterocycles. The molecule has 1 aliphatic heterocycles. The largest absolute Gasteiger partial charge is 0.368 e. The molecule has 1 fully saturated rings. The van der Waals surface area contributed by atoms with Crippen LogP contribution in [0.1, 0.15) is 32.4 Å². The maximum absolute atomic E-state index is 11.4. The number of likely N-dealkylation sites (tertiary alicyclic amines) is 1. The van der Waals surface area contributed by atoms with E-state index in [2.05, 4.69) is 28.3 Å². The third-order valence-corrected chi connectivity index (χ3v) is 3.42. The fourth-order valence-corrected chi connectivity index (χ4v) is 2.58. The topological polar surface area (TPSA) is 64.2 Å². The molecule has 2 heterocycles. The molecule has 1 aromatic rings. The molecule has 0 aromatic carbocycles. The first-order chi connectivity index (χ1) is 8.58. The lowest BCUT2D eigenvalue weighted by molar-refractivity contribution is -0.122. The number of primary amides is 1. The molecule has 18 heavy (non-hydrogen) atoms. The van der Waals surface area contributed by atoms with Gasteiger partial charge in [0, 0.05) is 19.3 Å². The van der Waals surface area contributed by atoms with Crippen LogP contribution in [0, 0.1) is 5.92 Å². The van der Waals surface area contributed by atoms with Crippen LogP contribution in [-0.4, -0.2) is 32.9 Å². The SMILES string of the molecule is CC(C)Cn1cncc1CN1CCC[C@@H]1C(N)=O. The summed E-state index contributed by atoms with van der Waals surface area (Å²) in [6.45, 7) is 7.04. The number of hydrogen-bond donors (Lipinski definition) is 1. The van der Waals surface area contributed by atoms with Crippen LogP contribution in [0.3, 0.4) is 0 Å². The maximum Gasteiger partial charge on any atom is 0.234 e. The summed E-state index contributed by atoms with van der Waals surface area (Å²) in [4.78, 5) is 17.7. The van der Waals surface area contributed by atoms with Crippen molar-refractivity contribution >= 4 is 5.91 Å². The summed E-state index contributed by atoms with van der Waals surface area (Å²) in [5.41, 5.74) is 6.60. The number of hydrogen-bond acceptors (Lipinski definition) is 3. The second-order valence-electron chi connectivity index (χ2n) is 5.46. The van der Waals surface area contributed by atoms with Crippen LogP contribution in [0.4, 0.5) is 0 Å². The van der Waals surface area contributed by atoms with Crippen LogP contribution >= 0.6 is 0 Å². The Balaban J connectivity index is 2.05. The lowest BCUT2D eigenvalue weighted by atomic mass is 10.2. The summed E-state index contributed by atoms with van der Waals surface area (Å²) in [6, 6.07) is -0.104. The van der Waals surface area contributed by atoms with Crippen molar-refractivity contribution in [3.05, 3.63) is 18.2 Å². The van der Waals surface area contributed by atoms with Crippen molar-refractivity contribution in [3.63, 3.8) is 0 Å². The van der Waals surface area contributed by atoms with Gasteiger partial charge in [0.15, 0.2) is 0 Å². The Hall–Kier alpha value is -1.36. The molecule has 5 heteroatoms. The van der Waals surface area contributed by atoms with Gasteiger partial charge in [-0.15, -0.1) is 0 Å². The van der Waals surface area contributed by atoms with Gasteiger partial charge in [0.25, 0.3) is 0 Å². The van der Waals surface area contributed by atoms with Gasteiger partial charge in [-0.25, -0.2) is 4.98 Å². The maximum atomic E-state index is 11.4. The summed E-state index contributed by atoms with van der Waals surface area (Å²) in [7, 11) is 0. The van der Waals surface area contributed by atoms with E-state index in [4.69, 9.17) is 5.73 Å². The molecule has 0 unspecified atom stereocenters. The Morgan fingerprint density at radius 2 is 2.39 bits per heavy atom. The van der Waals surface area contributed by atoms with Crippen molar-refractivity contribution in [2.24, 2.45) is 11.7 Å². The van der Waals surface area contributed by atoms with Gasteiger partial charge < -0.3 is 10.3 Å². The molecular weight excluding hydrogens is 228 g/mol. The quantitative estimate of drug-likeness (QED) is 0.847. The predicted molar refractivity (Wildman–Crippen MR) is 69.7 cm³/mol. The highest BCUT2D eigenvalue weighted by Gasteiger charge is 2.29. The van der Waals surface area contributed by atoms with E-state index in [0.29, 0.717) is 5.92 Å². The molecule has 1 atom stereocenters. The molecule has 0 spiro atoms. The van der Waals surface area contributed by atoms with Gasteiger partial charge in [-0.1, -0.05) is 13.8 Å². The minimum atomic E-state index is -0.206. The van der Waals surface area contributed by atoms with Crippen molar-refractivity contribution in [1.82, 2.24) is 14.5 Å². The Morgan fingerprint density at radius 1 is 1.61 bits per heavy atom. The third kappa shape index (κ3) is 2.90. The molecule has 1 amide bonds. The number of aromatic nitrogens is 2. The molecule has 1 saturated heterocycles. The van der Waals surface area contributed by atoms with E-state index in [-0.39, 0.29) is 11.9 Å². The van der Waals surface area contributed by atoms with Gasteiger partial charge in [-0.3, -0.25) is 9.69 Å². The van der Waals surface area contributed by atoms with Gasteiger partial charge >= 0.3 is 0 Å². The fourth-order valence-electron chi connectivity index (χ4n) is 2.58. The van der Waals surface area contributed by atoms with E-state index in [1.807, 2.05) is 12.5 Å². The molecule has 100 valence electrons. The van der Waals surface area contributed by atoms with E-state index in [0.717, 1.165) is 38.2 Å². The van der Waals surface area contributed by atoms with E-state index in [9.17, 15) is 4.79 Å². The Bertz CT molecular complexity index is 413. The summed E-state index contributed by atoms with van der Waals surface area (Å²) >= 11 is 0. The second kappa shape index (κ2) is 5.52. The molecule has 0 bridgehead atoms. The predicted octanol–water partition coefficient (Wildman–Crippen LogP) is 0.989. The zero-order chi connectivity index (χ0) is 13.1. The normalized spacial score (nSPS) is 20.7. The fraction of sp³-hybridized carbons (Fsp3) is 0.692. The smallest absolute Gasteiger partial charge is 0.234 e. The van der Waals surface area contributed by atoms with Crippen molar-refractivity contribution in [3.8, 4) is 0 Å². The van der Waals surface area contributed by atoms with Crippen LogP contribution in [0.15, 0.2) is 12.5 Å². The van der Waals surface area contributed by atoms with Crippen LogP contribution in [0.5, 0.6) is 0 Å². The highest BCUT2D eigenvalue weighted by atomic mass is 16.1. The zero-order valence-corrected chi connectivity index (χ0v) is 11.2. The number of imidazole rings is 1. The molecular formula is C13H22N4O. The van der Waals surface area contributed by atoms with E-state index in [1.54, 1.807) is 0 Å². The summed E-state index contributed by atoms with van der Waals surface area (Å²) in [6.07, 6.45) is 5.68. The number of amides is 1. The van der Waals surface area contributed by atoms with Gasteiger partial charge in [0.2, 0.25) is 5.91 Å². The molecule has 2 N–H and O–H groups in total. The average molecular weight is 250 g/mol. The van der Waals surface area contributed by atoms with E-state index in [1.165, 1.54) is 0 Å². The molecule has 0 radical (unpaired) electrons. The van der Waals surface area contributed by atoms with E-state index >= 15 is 0 Å². The van der Waals surface area contributed by atoms with Crippen LogP contribution in [-0.2, 0) is 17.9 Å². The van der Waals surface area contributed by atoms with Gasteiger partial charge in [0.1, 0.15) is 0 Å². The molecule has 5 nitrogen and oxygen atoms in total. The Kier molecular flexibility index (Phi) is 4.01. The molecule has 1 aliphatic rings. The van der Waals surface area contributed by atoms with Crippen molar-refractivity contribution < 1.29 is 4.79 Å². The minimum absolute atomic E-state index is 0.104. The van der Waals surface area contributed by atoms with Crippen LogP contribution in [0.2, 0.25) is 0 Å². The zero-order valence-electron chi connectivity index (χ0n) is 11.2. The lowest BCUT2D eigenvalue weighted by Gasteiger charge is -2.22. The molecule has 2 rings (SSSR count). The summed E-state index contributed by atoms with van der Waals surface area (Å²) in [5, 5.41) is 0. The highest BCUT2D eigenvalue weighted by Crippen LogP contribution is 2.20.